The molecule has 1 aromatic carbocycles. The number of urea groups is 1. The molecule has 1 aliphatic heterocycles. The van der Waals surface area contributed by atoms with Gasteiger partial charge in [0.25, 0.3) is 5.91 Å². The molecule has 124 valence electrons. The Balaban J connectivity index is 2.53. The fourth-order valence-electron chi connectivity index (χ4n) is 2.51. The number of methoxy groups -OCH3 is 2. The highest BCUT2D eigenvalue weighted by Crippen LogP contribution is 2.37. The molecule has 0 aliphatic carbocycles. The van der Waals surface area contributed by atoms with Crippen molar-refractivity contribution in [2.24, 2.45) is 0 Å². The number of carboxylic acids is 1. The third-order valence-electron chi connectivity index (χ3n) is 3.91. The minimum Gasteiger partial charge on any atom is -0.497 e. The summed E-state index contributed by atoms with van der Waals surface area (Å²) in [5.74, 6) is -1.07. The van der Waals surface area contributed by atoms with Gasteiger partial charge in [-0.1, -0.05) is 0 Å². The van der Waals surface area contributed by atoms with E-state index in [2.05, 4.69) is 5.32 Å². The highest BCUT2D eigenvalue weighted by molar-refractivity contribution is 6.09. The normalized spacial score (nSPS) is 21.8. The molecule has 1 saturated heterocycles. The zero-order valence-electron chi connectivity index (χ0n) is 13.2. The number of aliphatic carboxylic acids is 1. The number of carbonyl (C=O) groups excluding carboxylic acids is 2. The lowest BCUT2D eigenvalue weighted by Crippen LogP contribution is -2.45. The standard InChI is InChI=1S/C15H18N2O6/c1-8(12(18)19)17-13(20)15(2,16-14(17)21)10-7-9(22-3)5-6-11(10)23-4/h5-8H,1-4H3,(H,16,21)(H,18,19). The third-order valence-corrected chi connectivity index (χ3v) is 3.91. The third kappa shape index (κ3) is 2.56. The van der Waals surface area contributed by atoms with E-state index in [1.165, 1.54) is 28.1 Å². The van der Waals surface area contributed by atoms with Crippen LogP contribution in [-0.2, 0) is 15.1 Å². The van der Waals surface area contributed by atoms with E-state index in [0.29, 0.717) is 22.0 Å². The first-order valence-corrected chi connectivity index (χ1v) is 6.87. The molecule has 0 spiro atoms. The van der Waals surface area contributed by atoms with E-state index >= 15 is 0 Å². The highest BCUT2D eigenvalue weighted by Gasteiger charge is 2.53. The largest absolute Gasteiger partial charge is 0.497 e. The van der Waals surface area contributed by atoms with Gasteiger partial charge in [0.1, 0.15) is 23.1 Å². The average molecular weight is 322 g/mol. The van der Waals surface area contributed by atoms with Gasteiger partial charge in [0, 0.05) is 5.56 Å². The molecule has 2 N–H and O–H groups in total. The molecule has 0 saturated carbocycles. The fraction of sp³-hybridized carbons (Fsp3) is 0.400. The molecular weight excluding hydrogens is 304 g/mol. The van der Waals surface area contributed by atoms with Crippen LogP contribution in [0.25, 0.3) is 0 Å². The molecule has 0 aromatic heterocycles. The zero-order chi connectivity index (χ0) is 17.4. The summed E-state index contributed by atoms with van der Waals surface area (Å²) in [4.78, 5) is 36.7. The summed E-state index contributed by atoms with van der Waals surface area (Å²) in [6, 6.07) is 2.80. The lowest BCUT2D eigenvalue weighted by atomic mass is 9.90. The van der Waals surface area contributed by atoms with E-state index in [4.69, 9.17) is 14.6 Å². The van der Waals surface area contributed by atoms with Crippen molar-refractivity contribution in [2.75, 3.05) is 14.2 Å². The van der Waals surface area contributed by atoms with Gasteiger partial charge in [-0.05, 0) is 32.0 Å². The number of nitrogens with one attached hydrogen (secondary N) is 1. The van der Waals surface area contributed by atoms with Gasteiger partial charge in [0.2, 0.25) is 0 Å². The Hall–Kier alpha value is -2.77. The van der Waals surface area contributed by atoms with Crippen LogP contribution >= 0.6 is 0 Å². The number of ether oxygens (including phenoxy) is 2. The van der Waals surface area contributed by atoms with Crippen molar-refractivity contribution in [1.29, 1.82) is 0 Å². The van der Waals surface area contributed by atoms with E-state index in [1.54, 1.807) is 18.2 Å². The van der Waals surface area contributed by atoms with Crippen LogP contribution in [0.3, 0.4) is 0 Å². The maximum atomic E-state index is 12.7. The first kappa shape index (κ1) is 16.6. The molecule has 2 atom stereocenters. The number of carbonyl (C=O) groups is 3. The number of nitrogens with zero attached hydrogens (tertiary/aromatic N) is 1. The molecule has 2 unspecified atom stereocenters. The van der Waals surface area contributed by atoms with Crippen molar-refractivity contribution >= 4 is 17.9 Å². The predicted molar refractivity (Wildman–Crippen MR) is 79.4 cm³/mol. The van der Waals surface area contributed by atoms with E-state index in [0.717, 1.165) is 0 Å². The van der Waals surface area contributed by atoms with Crippen LogP contribution in [0.1, 0.15) is 19.4 Å². The van der Waals surface area contributed by atoms with Crippen molar-refractivity contribution in [3.8, 4) is 11.5 Å². The second-order valence-corrected chi connectivity index (χ2v) is 5.31. The Labute approximate surface area is 133 Å². The first-order valence-electron chi connectivity index (χ1n) is 6.87. The lowest BCUT2D eigenvalue weighted by Gasteiger charge is -2.25. The number of carboxylic acid groups (broad SMARTS) is 1. The second-order valence-electron chi connectivity index (χ2n) is 5.31. The molecule has 8 heteroatoms. The molecule has 1 fully saturated rings. The highest BCUT2D eigenvalue weighted by atomic mass is 16.5. The quantitative estimate of drug-likeness (QED) is 0.782. The summed E-state index contributed by atoms with van der Waals surface area (Å²) < 4.78 is 10.4. The Morgan fingerprint density at radius 3 is 2.48 bits per heavy atom. The molecule has 1 aliphatic rings. The smallest absolute Gasteiger partial charge is 0.326 e. The summed E-state index contributed by atoms with van der Waals surface area (Å²) in [7, 11) is 2.91. The second kappa shape index (κ2) is 5.79. The molecule has 3 amide bonds. The minimum atomic E-state index is -1.44. The molecular formula is C15H18N2O6. The van der Waals surface area contributed by atoms with E-state index in [9.17, 15) is 14.4 Å². The Kier molecular flexibility index (Phi) is 4.18. The van der Waals surface area contributed by atoms with E-state index in [1.807, 2.05) is 0 Å². The minimum absolute atomic E-state index is 0.381. The molecule has 2 rings (SSSR count). The van der Waals surface area contributed by atoms with Gasteiger partial charge < -0.3 is 19.9 Å². The lowest BCUT2D eigenvalue weighted by molar-refractivity contribution is -0.147. The topological polar surface area (TPSA) is 105 Å². The summed E-state index contributed by atoms with van der Waals surface area (Å²) in [6.45, 7) is 2.77. The van der Waals surface area contributed by atoms with Gasteiger partial charge in [0.15, 0.2) is 0 Å². The van der Waals surface area contributed by atoms with Crippen molar-refractivity contribution in [3.63, 3.8) is 0 Å². The van der Waals surface area contributed by atoms with Crippen LogP contribution in [0.2, 0.25) is 0 Å². The number of rotatable bonds is 5. The SMILES string of the molecule is COc1ccc(OC)c(C2(C)NC(=O)N(C(C)C(=O)O)C2=O)c1. The number of imide groups is 1. The van der Waals surface area contributed by atoms with Crippen molar-refractivity contribution in [3.05, 3.63) is 23.8 Å². The number of amides is 3. The van der Waals surface area contributed by atoms with Crippen LogP contribution in [0.15, 0.2) is 18.2 Å². The van der Waals surface area contributed by atoms with Crippen LogP contribution in [0.5, 0.6) is 11.5 Å². The van der Waals surface area contributed by atoms with E-state index < -0.39 is 29.5 Å². The summed E-state index contributed by atoms with van der Waals surface area (Å²) in [6.07, 6.45) is 0. The van der Waals surface area contributed by atoms with Gasteiger partial charge >= 0.3 is 12.0 Å². The molecule has 0 bridgehead atoms. The van der Waals surface area contributed by atoms with E-state index in [-0.39, 0.29) is 0 Å². The van der Waals surface area contributed by atoms with Crippen LogP contribution in [0, 0.1) is 0 Å². The Morgan fingerprint density at radius 1 is 1.30 bits per heavy atom. The summed E-state index contributed by atoms with van der Waals surface area (Å²) in [5.41, 5.74) is -1.06. The van der Waals surface area contributed by atoms with Gasteiger partial charge in [-0.3, -0.25) is 4.79 Å². The van der Waals surface area contributed by atoms with Crippen LogP contribution in [-0.4, -0.2) is 48.2 Å². The van der Waals surface area contributed by atoms with Gasteiger partial charge in [-0.2, -0.15) is 0 Å². The van der Waals surface area contributed by atoms with Crippen LogP contribution in [0.4, 0.5) is 4.79 Å². The Bertz CT molecular complexity index is 674. The van der Waals surface area contributed by atoms with Crippen molar-refractivity contribution < 1.29 is 29.0 Å². The molecule has 0 radical (unpaired) electrons. The molecule has 23 heavy (non-hydrogen) atoms. The zero-order valence-corrected chi connectivity index (χ0v) is 13.2. The first-order chi connectivity index (χ1) is 10.8. The maximum absolute atomic E-state index is 12.7. The summed E-state index contributed by atoms with van der Waals surface area (Å²) in [5, 5.41) is 11.6. The summed E-state index contributed by atoms with van der Waals surface area (Å²) >= 11 is 0. The molecule has 8 nitrogen and oxygen atoms in total. The molecule has 1 heterocycles. The predicted octanol–water partition coefficient (Wildman–Crippen LogP) is 0.944. The van der Waals surface area contributed by atoms with Gasteiger partial charge in [0.05, 0.1) is 14.2 Å². The van der Waals surface area contributed by atoms with Crippen molar-refractivity contribution in [1.82, 2.24) is 10.2 Å². The average Bonchev–Trinajstić information content (AvgIpc) is 2.76. The Morgan fingerprint density at radius 2 is 1.96 bits per heavy atom. The van der Waals surface area contributed by atoms with Crippen LogP contribution < -0.4 is 14.8 Å². The molecule has 1 aromatic rings. The number of hydrogen-bond acceptors (Lipinski definition) is 5. The maximum Gasteiger partial charge on any atom is 0.326 e. The fourth-order valence-corrected chi connectivity index (χ4v) is 2.51. The van der Waals surface area contributed by atoms with Crippen molar-refractivity contribution in [2.45, 2.75) is 25.4 Å². The van der Waals surface area contributed by atoms with Gasteiger partial charge in [-0.15, -0.1) is 0 Å². The van der Waals surface area contributed by atoms with Gasteiger partial charge in [-0.25, -0.2) is 14.5 Å². The number of hydrogen-bond donors (Lipinski definition) is 2. The number of benzene rings is 1. The monoisotopic (exact) mass is 322 g/mol.